The van der Waals surface area contributed by atoms with Crippen molar-refractivity contribution in [1.82, 2.24) is 15.0 Å². The number of thiazole rings is 1. The Morgan fingerprint density at radius 2 is 1.78 bits per heavy atom. The van der Waals surface area contributed by atoms with Gasteiger partial charge in [-0.25, -0.2) is 28.1 Å². The average Bonchev–Trinajstić information content (AvgIpc) is 3.04. The number of hydrogen-bond donors (Lipinski definition) is 1. The molecule has 0 aliphatic rings. The van der Waals surface area contributed by atoms with Gasteiger partial charge in [0, 0.05) is 12.5 Å². The Morgan fingerprint density at radius 3 is 2.59 bits per heavy atom. The van der Waals surface area contributed by atoms with Crippen LogP contribution in [0.1, 0.15) is 11.3 Å². The van der Waals surface area contributed by atoms with E-state index >= 15 is 0 Å². The summed E-state index contributed by atoms with van der Waals surface area (Å²) in [4.78, 5) is 12.5. The third-order valence-electron chi connectivity index (χ3n) is 3.77. The first-order valence-corrected chi connectivity index (χ1v) is 8.97. The van der Waals surface area contributed by atoms with E-state index in [4.69, 9.17) is 11.6 Å². The fourth-order valence-corrected chi connectivity index (χ4v) is 3.63. The maximum atomic E-state index is 13.9. The zero-order valence-electron chi connectivity index (χ0n) is 13.5. The molecule has 136 valence electrons. The minimum absolute atomic E-state index is 0.0328. The minimum atomic E-state index is -1.51. The van der Waals surface area contributed by atoms with Crippen LogP contribution in [-0.4, -0.2) is 15.0 Å². The van der Waals surface area contributed by atoms with Gasteiger partial charge in [0.05, 0.1) is 15.9 Å². The standard InChI is InChI=1S/C18H10ClF3N4S/c19-17-23-10(7-9-5-6-11(20)16(22)15(9)21)8-14(25-17)26-18-24-12-3-1-2-4-13(12)27-18/h1-6,8H,7H2,(H,23,24,25,26). The van der Waals surface area contributed by atoms with Crippen LogP contribution in [0.15, 0.2) is 42.5 Å². The van der Waals surface area contributed by atoms with Gasteiger partial charge in [-0.3, -0.25) is 0 Å². The van der Waals surface area contributed by atoms with Gasteiger partial charge in [-0.15, -0.1) is 0 Å². The second-order valence-corrected chi connectivity index (χ2v) is 7.01. The Balaban J connectivity index is 1.62. The van der Waals surface area contributed by atoms with E-state index in [9.17, 15) is 13.2 Å². The monoisotopic (exact) mass is 406 g/mol. The van der Waals surface area contributed by atoms with Crippen LogP contribution in [0.2, 0.25) is 5.28 Å². The Bertz CT molecular complexity index is 1120. The molecule has 4 nitrogen and oxygen atoms in total. The van der Waals surface area contributed by atoms with Crippen LogP contribution < -0.4 is 5.32 Å². The number of rotatable bonds is 4. The van der Waals surface area contributed by atoms with Crippen molar-refractivity contribution in [3.05, 3.63) is 76.5 Å². The van der Waals surface area contributed by atoms with Crippen molar-refractivity contribution in [2.75, 3.05) is 5.32 Å². The van der Waals surface area contributed by atoms with Gasteiger partial charge >= 0.3 is 0 Å². The first kappa shape index (κ1) is 17.7. The van der Waals surface area contributed by atoms with Gasteiger partial charge < -0.3 is 5.32 Å². The van der Waals surface area contributed by atoms with Gasteiger partial charge in [-0.2, -0.15) is 0 Å². The fourth-order valence-electron chi connectivity index (χ4n) is 2.55. The van der Waals surface area contributed by atoms with E-state index in [-0.39, 0.29) is 17.3 Å². The van der Waals surface area contributed by atoms with Gasteiger partial charge in [0.15, 0.2) is 22.6 Å². The highest BCUT2D eigenvalue weighted by Gasteiger charge is 2.15. The molecule has 0 aliphatic heterocycles. The summed E-state index contributed by atoms with van der Waals surface area (Å²) in [5.41, 5.74) is 1.16. The number of para-hydroxylation sites is 1. The Morgan fingerprint density at radius 1 is 0.963 bits per heavy atom. The lowest BCUT2D eigenvalue weighted by atomic mass is 10.1. The Kier molecular flexibility index (Phi) is 4.67. The maximum Gasteiger partial charge on any atom is 0.224 e. The lowest BCUT2D eigenvalue weighted by Crippen LogP contribution is -2.03. The van der Waals surface area contributed by atoms with E-state index in [0.717, 1.165) is 16.3 Å². The predicted octanol–water partition coefficient (Wildman–Crippen LogP) is 5.49. The highest BCUT2D eigenvalue weighted by Crippen LogP contribution is 2.28. The first-order chi connectivity index (χ1) is 13.0. The van der Waals surface area contributed by atoms with Crippen LogP contribution in [0.25, 0.3) is 10.2 Å². The van der Waals surface area contributed by atoms with E-state index in [0.29, 0.717) is 16.6 Å². The smallest absolute Gasteiger partial charge is 0.224 e. The van der Waals surface area contributed by atoms with Gasteiger partial charge in [0.25, 0.3) is 0 Å². The molecule has 4 rings (SSSR count). The number of aromatic nitrogens is 3. The highest BCUT2D eigenvalue weighted by atomic mass is 35.5. The summed E-state index contributed by atoms with van der Waals surface area (Å²) in [7, 11) is 0. The highest BCUT2D eigenvalue weighted by molar-refractivity contribution is 7.22. The number of nitrogens with one attached hydrogen (secondary N) is 1. The number of anilines is 2. The average molecular weight is 407 g/mol. The number of fused-ring (bicyclic) bond motifs is 1. The predicted molar refractivity (Wildman–Crippen MR) is 99.1 cm³/mol. The number of nitrogens with zero attached hydrogens (tertiary/aromatic N) is 3. The summed E-state index contributed by atoms with van der Waals surface area (Å²) in [5, 5.41) is 3.59. The van der Waals surface area contributed by atoms with Crippen molar-refractivity contribution in [3.63, 3.8) is 0 Å². The molecule has 9 heteroatoms. The summed E-state index contributed by atoms with van der Waals surface area (Å²) < 4.78 is 41.4. The summed E-state index contributed by atoms with van der Waals surface area (Å²) in [6.07, 6.45) is -0.0696. The molecule has 2 heterocycles. The lowest BCUT2D eigenvalue weighted by molar-refractivity contribution is 0.442. The maximum absolute atomic E-state index is 13.9. The quantitative estimate of drug-likeness (QED) is 0.359. The largest absolute Gasteiger partial charge is 0.316 e. The van der Waals surface area contributed by atoms with Crippen molar-refractivity contribution < 1.29 is 13.2 Å². The summed E-state index contributed by atoms with van der Waals surface area (Å²) in [6.45, 7) is 0. The first-order valence-electron chi connectivity index (χ1n) is 7.78. The van der Waals surface area contributed by atoms with E-state index in [1.54, 1.807) is 6.07 Å². The van der Waals surface area contributed by atoms with Crippen molar-refractivity contribution in [2.45, 2.75) is 6.42 Å². The molecule has 0 saturated heterocycles. The normalized spacial score (nSPS) is 11.1. The lowest BCUT2D eigenvalue weighted by Gasteiger charge is -2.07. The molecule has 2 aromatic carbocycles. The molecule has 0 amide bonds. The van der Waals surface area contributed by atoms with Gasteiger partial charge in [0.1, 0.15) is 5.82 Å². The summed E-state index contributed by atoms with van der Waals surface area (Å²) in [5.74, 6) is -3.63. The molecular weight excluding hydrogens is 397 g/mol. The Hall–Kier alpha value is -2.71. The van der Waals surface area contributed by atoms with Crippen LogP contribution in [0.5, 0.6) is 0 Å². The van der Waals surface area contributed by atoms with Crippen LogP contribution >= 0.6 is 22.9 Å². The van der Waals surface area contributed by atoms with Crippen molar-refractivity contribution in [3.8, 4) is 0 Å². The van der Waals surface area contributed by atoms with E-state index in [1.165, 1.54) is 17.4 Å². The molecule has 0 bridgehead atoms. The molecule has 0 atom stereocenters. The number of benzene rings is 2. The molecule has 1 N–H and O–H groups in total. The topological polar surface area (TPSA) is 50.7 Å². The van der Waals surface area contributed by atoms with E-state index in [1.807, 2.05) is 24.3 Å². The number of halogens is 4. The second kappa shape index (κ2) is 7.13. The van der Waals surface area contributed by atoms with Crippen LogP contribution in [0.4, 0.5) is 24.1 Å². The molecule has 0 saturated carbocycles. The molecule has 2 aromatic heterocycles. The van der Waals surface area contributed by atoms with Crippen molar-refractivity contribution in [2.24, 2.45) is 0 Å². The molecular formula is C18H10ClF3N4S. The van der Waals surface area contributed by atoms with Crippen molar-refractivity contribution >= 4 is 44.1 Å². The molecule has 0 aliphatic carbocycles. The SMILES string of the molecule is Fc1ccc(Cc2cc(Nc3nc4ccccc4s3)nc(Cl)n2)c(F)c1F. The van der Waals surface area contributed by atoms with Crippen LogP contribution in [-0.2, 0) is 6.42 Å². The van der Waals surface area contributed by atoms with Gasteiger partial charge in [-0.05, 0) is 35.4 Å². The summed E-state index contributed by atoms with van der Waals surface area (Å²) in [6, 6.07) is 11.2. The zero-order valence-corrected chi connectivity index (χ0v) is 15.1. The van der Waals surface area contributed by atoms with E-state index < -0.39 is 17.5 Å². The van der Waals surface area contributed by atoms with Gasteiger partial charge in [-0.1, -0.05) is 29.5 Å². The minimum Gasteiger partial charge on any atom is -0.316 e. The van der Waals surface area contributed by atoms with Gasteiger partial charge in [0.2, 0.25) is 5.28 Å². The second-order valence-electron chi connectivity index (χ2n) is 5.64. The molecule has 0 fully saturated rings. The molecule has 27 heavy (non-hydrogen) atoms. The molecule has 0 unspecified atom stereocenters. The van der Waals surface area contributed by atoms with Crippen LogP contribution in [0.3, 0.4) is 0 Å². The zero-order chi connectivity index (χ0) is 19.0. The molecule has 4 aromatic rings. The third-order valence-corrected chi connectivity index (χ3v) is 4.89. The Labute approximate surface area is 160 Å². The fraction of sp³-hybridized carbons (Fsp3) is 0.0556. The van der Waals surface area contributed by atoms with Crippen LogP contribution in [0, 0.1) is 17.5 Å². The summed E-state index contributed by atoms with van der Waals surface area (Å²) >= 11 is 7.39. The number of hydrogen-bond acceptors (Lipinski definition) is 5. The third kappa shape index (κ3) is 3.72. The van der Waals surface area contributed by atoms with E-state index in [2.05, 4.69) is 20.3 Å². The molecule has 0 radical (unpaired) electrons. The van der Waals surface area contributed by atoms with Crippen molar-refractivity contribution in [1.29, 1.82) is 0 Å². The molecule has 0 spiro atoms.